The normalized spacial score (nSPS) is 11.2. The highest BCUT2D eigenvalue weighted by atomic mass is 31.2. The van der Waals surface area contributed by atoms with Gasteiger partial charge in [-0.25, -0.2) is 0 Å². The van der Waals surface area contributed by atoms with Gasteiger partial charge in [0.15, 0.2) is 0 Å². The summed E-state index contributed by atoms with van der Waals surface area (Å²) in [4.78, 5) is 0. The molecule has 0 aliphatic carbocycles. The quantitative estimate of drug-likeness (QED) is 0.184. The Morgan fingerprint density at radius 3 is 1.11 bits per heavy atom. The molecule has 2 heteroatoms. The Balaban J connectivity index is 1.71. The predicted molar refractivity (Wildman–Crippen MR) is 162 cm³/mol. The van der Waals surface area contributed by atoms with Crippen LogP contribution in [-0.2, 0) is 6.42 Å². The number of benzene rings is 5. The summed E-state index contributed by atoms with van der Waals surface area (Å²) in [6.07, 6.45) is 2.94. The van der Waals surface area contributed by atoms with Gasteiger partial charge in [-0.3, -0.25) is 0 Å². The van der Waals surface area contributed by atoms with E-state index in [0.29, 0.717) is 5.40 Å². The van der Waals surface area contributed by atoms with Crippen LogP contribution in [0.25, 0.3) is 6.08 Å². The standard InChI is InChI=1S/C34H30P2/c1-2-28-23-25-29(26-24-28)27-34(35(30-15-7-3-8-16-30)31-17-9-4-10-18-31)36(32-19-11-5-12-20-32)33-21-13-6-14-22-33/h2-26,34H,1,27H2. The maximum absolute atomic E-state index is 3.94. The second-order valence-corrected chi connectivity index (χ2v) is 13.9. The molecule has 5 aromatic rings. The highest BCUT2D eigenvalue weighted by Crippen LogP contribution is 2.57. The van der Waals surface area contributed by atoms with Crippen molar-refractivity contribution < 1.29 is 0 Å². The lowest BCUT2D eigenvalue weighted by molar-refractivity contribution is 1.09. The number of hydrogen-bond acceptors (Lipinski definition) is 0. The van der Waals surface area contributed by atoms with E-state index in [1.54, 1.807) is 0 Å². The lowest BCUT2D eigenvalue weighted by Gasteiger charge is -2.36. The summed E-state index contributed by atoms with van der Waals surface area (Å²) in [6, 6.07) is 53.6. The average Bonchev–Trinajstić information content (AvgIpc) is 2.96. The van der Waals surface area contributed by atoms with Crippen LogP contribution < -0.4 is 21.2 Å². The Hall–Kier alpha value is -3.30. The predicted octanol–water partition coefficient (Wildman–Crippen LogP) is 7.46. The molecular weight excluding hydrogens is 470 g/mol. The lowest BCUT2D eigenvalue weighted by Crippen LogP contribution is -2.29. The summed E-state index contributed by atoms with van der Waals surface area (Å²) in [5.41, 5.74) is 2.54. The highest BCUT2D eigenvalue weighted by Gasteiger charge is 2.33. The Kier molecular flexibility index (Phi) is 8.20. The molecule has 0 spiro atoms. The van der Waals surface area contributed by atoms with E-state index in [1.165, 1.54) is 26.8 Å². The molecule has 0 nitrogen and oxygen atoms in total. The topological polar surface area (TPSA) is 0 Å². The Bertz CT molecular complexity index is 1190. The van der Waals surface area contributed by atoms with Crippen molar-refractivity contribution >= 4 is 43.1 Å². The van der Waals surface area contributed by atoms with Crippen molar-refractivity contribution in [1.82, 2.24) is 0 Å². The molecule has 0 aliphatic heterocycles. The third-order valence-corrected chi connectivity index (χ3v) is 12.7. The minimum absolute atomic E-state index is 0.430. The van der Waals surface area contributed by atoms with Gasteiger partial charge in [0.1, 0.15) is 0 Å². The minimum Gasteiger partial charge on any atom is -0.0985 e. The van der Waals surface area contributed by atoms with Gasteiger partial charge in [0, 0.05) is 5.40 Å². The second kappa shape index (κ2) is 12.1. The molecule has 5 aromatic carbocycles. The van der Waals surface area contributed by atoms with E-state index < -0.39 is 15.8 Å². The Morgan fingerprint density at radius 1 is 0.472 bits per heavy atom. The van der Waals surface area contributed by atoms with E-state index >= 15 is 0 Å². The maximum atomic E-state index is 3.94. The van der Waals surface area contributed by atoms with Crippen LogP contribution in [0.15, 0.2) is 152 Å². The van der Waals surface area contributed by atoms with Gasteiger partial charge in [-0.1, -0.05) is 158 Å². The third kappa shape index (κ3) is 5.74. The summed E-state index contributed by atoms with van der Waals surface area (Å²) in [5, 5.41) is 6.17. The molecule has 0 saturated heterocycles. The van der Waals surface area contributed by atoms with Crippen molar-refractivity contribution in [2.75, 3.05) is 0 Å². The van der Waals surface area contributed by atoms with Crippen LogP contribution in [0.2, 0.25) is 0 Å². The van der Waals surface area contributed by atoms with Gasteiger partial charge in [-0.2, -0.15) is 0 Å². The van der Waals surface area contributed by atoms with Crippen LogP contribution in [0.3, 0.4) is 0 Å². The second-order valence-electron chi connectivity index (χ2n) is 8.71. The van der Waals surface area contributed by atoms with E-state index in [0.717, 1.165) is 12.0 Å². The fourth-order valence-electron chi connectivity index (χ4n) is 4.64. The van der Waals surface area contributed by atoms with Gasteiger partial charge < -0.3 is 0 Å². The monoisotopic (exact) mass is 500 g/mol. The lowest BCUT2D eigenvalue weighted by atomic mass is 10.1. The van der Waals surface area contributed by atoms with Crippen LogP contribution >= 0.6 is 15.8 Å². The summed E-state index contributed by atoms with van der Waals surface area (Å²) < 4.78 is 0. The molecule has 36 heavy (non-hydrogen) atoms. The molecule has 0 aromatic heterocycles. The first-order chi connectivity index (χ1) is 17.8. The van der Waals surface area contributed by atoms with Gasteiger partial charge >= 0.3 is 0 Å². The van der Waals surface area contributed by atoms with Gasteiger partial charge in [0.2, 0.25) is 0 Å². The van der Waals surface area contributed by atoms with Crippen molar-refractivity contribution in [2.45, 2.75) is 11.8 Å². The van der Waals surface area contributed by atoms with Crippen LogP contribution in [0.1, 0.15) is 11.1 Å². The van der Waals surface area contributed by atoms with Gasteiger partial charge in [-0.05, 0) is 54.6 Å². The summed E-state index contributed by atoms with van der Waals surface area (Å²) in [5.74, 6) is 0. The minimum atomic E-state index is -0.627. The van der Waals surface area contributed by atoms with Crippen LogP contribution in [0.5, 0.6) is 0 Å². The Labute approximate surface area is 217 Å². The summed E-state index contributed by atoms with van der Waals surface area (Å²) >= 11 is 0. The van der Waals surface area contributed by atoms with Crippen molar-refractivity contribution in [2.24, 2.45) is 0 Å². The van der Waals surface area contributed by atoms with Crippen molar-refractivity contribution in [1.29, 1.82) is 0 Å². The van der Waals surface area contributed by atoms with Crippen molar-refractivity contribution in [3.63, 3.8) is 0 Å². The third-order valence-electron chi connectivity index (χ3n) is 6.37. The van der Waals surface area contributed by atoms with E-state index in [1.807, 2.05) is 6.08 Å². The number of rotatable bonds is 9. The molecule has 0 saturated carbocycles. The highest BCUT2D eigenvalue weighted by molar-refractivity contribution is 7.89. The molecule has 0 radical (unpaired) electrons. The molecule has 5 rings (SSSR count). The molecular formula is C34H30P2. The van der Waals surface area contributed by atoms with Crippen LogP contribution in [-0.4, -0.2) is 5.40 Å². The van der Waals surface area contributed by atoms with Crippen molar-refractivity contribution in [3.8, 4) is 0 Å². The molecule has 0 unspecified atom stereocenters. The molecule has 0 N–H and O–H groups in total. The van der Waals surface area contributed by atoms with Gasteiger partial charge in [-0.15, -0.1) is 0 Å². The van der Waals surface area contributed by atoms with E-state index in [2.05, 4.69) is 152 Å². The SMILES string of the molecule is C=Cc1ccc(CC(P(c2ccccc2)c2ccccc2)P(c2ccccc2)c2ccccc2)cc1. The zero-order valence-electron chi connectivity index (χ0n) is 20.3. The molecule has 0 amide bonds. The molecule has 0 atom stereocenters. The molecule has 176 valence electrons. The Morgan fingerprint density at radius 2 is 0.806 bits per heavy atom. The first-order valence-electron chi connectivity index (χ1n) is 12.3. The van der Waals surface area contributed by atoms with Crippen LogP contribution in [0, 0.1) is 0 Å². The molecule has 0 bridgehead atoms. The van der Waals surface area contributed by atoms with E-state index in [9.17, 15) is 0 Å². The molecule has 0 aliphatic rings. The zero-order chi connectivity index (χ0) is 24.6. The van der Waals surface area contributed by atoms with Crippen molar-refractivity contribution in [3.05, 3.63) is 163 Å². The fourth-order valence-corrected chi connectivity index (χ4v) is 11.9. The van der Waals surface area contributed by atoms with Gasteiger partial charge in [0.25, 0.3) is 0 Å². The smallest absolute Gasteiger partial charge is 0.0195 e. The summed E-state index contributed by atoms with van der Waals surface area (Å²) in [7, 11) is -1.25. The van der Waals surface area contributed by atoms with E-state index in [-0.39, 0.29) is 0 Å². The largest absolute Gasteiger partial charge is 0.0985 e. The summed E-state index contributed by atoms with van der Waals surface area (Å²) in [6.45, 7) is 3.94. The molecule has 0 fully saturated rings. The average molecular weight is 501 g/mol. The zero-order valence-corrected chi connectivity index (χ0v) is 22.1. The first kappa shape index (κ1) is 24.4. The van der Waals surface area contributed by atoms with Gasteiger partial charge in [0.05, 0.1) is 0 Å². The van der Waals surface area contributed by atoms with Crippen LogP contribution in [0.4, 0.5) is 0 Å². The first-order valence-corrected chi connectivity index (χ1v) is 15.2. The number of hydrogen-bond donors (Lipinski definition) is 0. The maximum Gasteiger partial charge on any atom is 0.0195 e. The molecule has 0 heterocycles. The fraction of sp³-hybridized carbons (Fsp3) is 0.0588. The van der Waals surface area contributed by atoms with E-state index in [4.69, 9.17) is 0 Å².